The Morgan fingerprint density at radius 2 is 2.37 bits per heavy atom. The minimum absolute atomic E-state index is 0.549. The summed E-state index contributed by atoms with van der Waals surface area (Å²) in [6.45, 7) is 7.51. The van der Waals surface area contributed by atoms with Crippen LogP contribution >= 0.6 is 0 Å². The molecule has 0 saturated carbocycles. The molecule has 3 rings (SSSR count). The normalized spacial score (nSPS) is 19.8. The van der Waals surface area contributed by atoms with Crippen molar-refractivity contribution in [3.8, 4) is 0 Å². The maximum Gasteiger partial charge on any atom is 0.157 e. The molecule has 0 spiro atoms. The van der Waals surface area contributed by atoms with Gasteiger partial charge in [-0.05, 0) is 50.9 Å². The summed E-state index contributed by atoms with van der Waals surface area (Å²) >= 11 is 0. The molecule has 1 aliphatic heterocycles. The first kappa shape index (κ1) is 12.4. The SMILES string of the molecule is CCN(c1cc(C)cc2ncnn12)C1CCCNC1. The van der Waals surface area contributed by atoms with Gasteiger partial charge in [-0.15, -0.1) is 0 Å². The van der Waals surface area contributed by atoms with E-state index in [-0.39, 0.29) is 0 Å². The molecule has 3 heterocycles. The van der Waals surface area contributed by atoms with E-state index in [9.17, 15) is 0 Å². The topological polar surface area (TPSA) is 45.5 Å². The molecule has 1 unspecified atom stereocenters. The van der Waals surface area contributed by atoms with Crippen molar-refractivity contribution in [3.63, 3.8) is 0 Å². The van der Waals surface area contributed by atoms with Gasteiger partial charge >= 0.3 is 0 Å². The highest BCUT2D eigenvalue weighted by molar-refractivity contribution is 5.53. The number of aromatic nitrogens is 3. The highest BCUT2D eigenvalue weighted by Crippen LogP contribution is 2.22. The molecule has 0 radical (unpaired) electrons. The molecule has 0 bridgehead atoms. The van der Waals surface area contributed by atoms with Crippen LogP contribution in [0.1, 0.15) is 25.3 Å². The summed E-state index contributed by atoms with van der Waals surface area (Å²) in [5.41, 5.74) is 2.16. The van der Waals surface area contributed by atoms with Crippen molar-refractivity contribution in [1.82, 2.24) is 19.9 Å². The van der Waals surface area contributed by atoms with Crippen molar-refractivity contribution in [1.29, 1.82) is 0 Å². The predicted octanol–water partition coefficient (Wildman–Crippen LogP) is 1.62. The van der Waals surface area contributed by atoms with Gasteiger partial charge in [0.1, 0.15) is 12.1 Å². The van der Waals surface area contributed by atoms with Crippen LogP contribution in [0.3, 0.4) is 0 Å². The molecule has 0 aromatic carbocycles. The van der Waals surface area contributed by atoms with Crippen LogP contribution < -0.4 is 10.2 Å². The Kier molecular flexibility index (Phi) is 3.38. The molecule has 2 aromatic rings. The van der Waals surface area contributed by atoms with Gasteiger partial charge in [0.15, 0.2) is 5.65 Å². The van der Waals surface area contributed by atoms with Crippen LogP contribution in [-0.4, -0.2) is 40.3 Å². The van der Waals surface area contributed by atoms with Gasteiger partial charge in [0.05, 0.1) is 0 Å². The van der Waals surface area contributed by atoms with Gasteiger partial charge < -0.3 is 10.2 Å². The Morgan fingerprint density at radius 1 is 1.47 bits per heavy atom. The van der Waals surface area contributed by atoms with Gasteiger partial charge in [0.2, 0.25) is 0 Å². The maximum atomic E-state index is 4.37. The number of nitrogens with one attached hydrogen (secondary N) is 1. The second-order valence-electron chi connectivity index (χ2n) is 5.21. The summed E-state index contributed by atoms with van der Waals surface area (Å²) in [4.78, 5) is 6.76. The Hall–Kier alpha value is -1.62. The standard InChI is InChI=1S/C14H21N5/c1-3-18(12-5-4-6-15-9-12)14-8-11(2)7-13-16-10-17-19(13)14/h7-8,10,12,15H,3-6,9H2,1-2H3. The molecular weight excluding hydrogens is 238 g/mol. The predicted molar refractivity (Wildman–Crippen MR) is 76.6 cm³/mol. The zero-order valence-electron chi connectivity index (χ0n) is 11.6. The van der Waals surface area contributed by atoms with E-state index in [0.29, 0.717) is 6.04 Å². The van der Waals surface area contributed by atoms with Crippen LogP contribution in [0.2, 0.25) is 0 Å². The van der Waals surface area contributed by atoms with E-state index in [0.717, 1.165) is 31.1 Å². The van der Waals surface area contributed by atoms with Crippen molar-refractivity contribution in [2.75, 3.05) is 24.5 Å². The summed E-state index contributed by atoms with van der Waals surface area (Å²) in [5.74, 6) is 1.16. The first-order valence-electron chi connectivity index (χ1n) is 7.07. The number of rotatable bonds is 3. The van der Waals surface area contributed by atoms with Crippen LogP contribution in [0.15, 0.2) is 18.5 Å². The molecule has 0 aliphatic carbocycles. The third-order valence-corrected chi connectivity index (χ3v) is 3.85. The largest absolute Gasteiger partial charge is 0.353 e. The molecule has 5 nitrogen and oxygen atoms in total. The third kappa shape index (κ3) is 2.30. The fourth-order valence-electron chi connectivity index (χ4n) is 2.95. The van der Waals surface area contributed by atoms with Crippen LogP contribution in [0, 0.1) is 6.92 Å². The number of anilines is 1. The van der Waals surface area contributed by atoms with Gasteiger partial charge in [-0.3, -0.25) is 0 Å². The summed E-state index contributed by atoms with van der Waals surface area (Å²) in [6, 6.07) is 4.83. The number of aryl methyl sites for hydroxylation is 1. The molecule has 1 saturated heterocycles. The number of hydrogen-bond acceptors (Lipinski definition) is 4. The van der Waals surface area contributed by atoms with Crippen LogP contribution in [0.4, 0.5) is 5.82 Å². The molecule has 19 heavy (non-hydrogen) atoms. The minimum atomic E-state index is 0.549. The molecule has 1 fully saturated rings. The summed E-state index contributed by atoms with van der Waals surface area (Å²) in [7, 11) is 0. The van der Waals surface area contributed by atoms with Crippen LogP contribution in [-0.2, 0) is 0 Å². The highest BCUT2D eigenvalue weighted by atomic mass is 15.4. The first-order valence-corrected chi connectivity index (χ1v) is 7.07. The monoisotopic (exact) mass is 259 g/mol. The molecule has 2 aromatic heterocycles. The summed E-state index contributed by atoms with van der Waals surface area (Å²) < 4.78 is 1.95. The van der Waals surface area contributed by atoms with Crippen LogP contribution in [0.5, 0.6) is 0 Å². The van der Waals surface area contributed by atoms with Crippen molar-refractivity contribution in [2.45, 2.75) is 32.7 Å². The van der Waals surface area contributed by atoms with Gasteiger partial charge in [-0.1, -0.05) is 0 Å². The van der Waals surface area contributed by atoms with E-state index < -0.39 is 0 Å². The number of likely N-dealkylation sites (N-methyl/N-ethyl adjacent to an activating group) is 1. The average molecular weight is 259 g/mol. The molecule has 0 amide bonds. The molecule has 5 heteroatoms. The van der Waals surface area contributed by atoms with Crippen molar-refractivity contribution in [3.05, 3.63) is 24.0 Å². The number of nitrogens with zero attached hydrogens (tertiary/aromatic N) is 4. The van der Waals surface area contributed by atoms with Gasteiger partial charge in [0.25, 0.3) is 0 Å². The minimum Gasteiger partial charge on any atom is -0.353 e. The first-order chi connectivity index (χ1) is 9.29. The number of fused-ring (bicyclic) bond motifs is 1. The molecule has 1 aliphatic rings. The molecule has 102 valence electrons. The Morgan fingerprint density at radius 3 is 3.11 bits per heavy atom. The second kappa shape index (κ2) is 5.17. The highest BCUT2D eigenvalue weighted by Gasteiger charge is 2.22. The average Bonchev–Trinajstić information content (AvgIpc) is 2.89. The van der Waals surface area contributed by atoms with Crippen molar-refractivity contribution >= 4 is 11.5 Å². The lowest BCUT2D eigenvalue weighted by Gasteiger charge is -2.35. The number of piperidine rings is 1. The van der Waals surface area contributed by atoms with E-state index in [1.165, 1.54) is 18.4 Å². The van der Waals surface area contributed by atoms with Crippen molar-refractivity contribution < 1.29 is 0 Å². The van der Waals surface area contributed by atoms with Gasteiger partial charge in [-0.25, -0.2) is 4.98 Å². The Balaban J connectivity index is 2.02. The van der Waals surface area contributed by atoms with E-state index in [4.69, 9.17) is 0 Å². The third-order valence-electron chi connectivity index (χ3n) is 3.85. The zero-order chi connectivity index (χ0) is 13.2. The molecule has 1 atom stereocenters. The lowest BCUT2D eigenvalue weighted by molar-refractivity contribution is 0.431. The van der Waals surface area contributed by atoms with Gasteiger partial charge in [0, 0.05) is 19.1 Å². The fourth-order valence-corrected chi connectivity index (χ4v) is 2.95. The second-order valence-corrected chi connectivity index (χ2v) is 5.21. The maximum absolute atomic E-state index is 4.37. The summed E-state index contributed by atoms with van der Waals surface area (Å²) in [6.07, 6.45) is 4.11. The van der Waals surface area contributed by atoms with Crippen molar-refractivity contribution in [2.24, 2.45) is 0 Å². The zero-order valence-corrected chi connectivity index (χ0v) is 11.6. The fraction of sp³-hybridized carbons (Fsp3) is 0.571. The molecular formula is C14H21N5. The lowest BCUT2D eigenvalue weighted by Crippen LogP contribution is -2.46. The van der Waals surface area contributed by atoms with E-state index in [1.807, 2.05) is 4.52 Å². The number of hydrogen-bond donors (Lipinski definition) is 1. The smallest absolute Gasteiger partial charge is 0.157 e. The summed E-state index contributed by atoms with van der Waals surface area (Å²) in [5, 5.41) is 7.86. The number of pyridine rings is 1. The van der Waals surface area contributed by atoms with Gasteiger partial charge in [-0.2, -0.15) is 9.61 Å². The Labute approximate surface area is 113 Å². The Bertz CT molecular complexity index is 556. The van der Waals surface area contributed by atoms with E-state index >= 15 is 0 Å². The van der Waals surface area contributed by atoms with E-state index in [2.05, 4.69) is 46.3 Å². The molecule has 1 N–H and O–H groups in total. The van der Waals surface area contributed by atoms with Crippen LogP contribution in [0.25, 0.3) is 5.65 Å². The lowest BCUT2D eigenvalue weighted by atomic mass is 10.1. The van der Waals surface area contributed by atoms with E-state index in [1.54, 1.807) is 6.33 Å². The quantitative estimate of drug-likeness (QED) is 0.909.